The molecular weight excluding hydrogens is 429 g/mol. The zero-order valence-electron chi connectivity index (χ0n) is 14.9. The smallest absolute Gasteiger partial charge is 0.334 e. The molecule has 0 spiro atoms. The Hall–Kier alpha value is -2.01. The number of carbonyl (C=O) groups is 1. The van der Waals surface area contributed by atoms with E-state index in [9.17, 15) is 13.2 Å². The second kappa shape index (κ2) is 8.56. The maximum atomic E-state index is 13.0. The fourth-order valence-electron chi connectivity index (χ4n) is 2.94. The lowest BCUT2D eigenvalue weighted by Crippen LogP contribution is -2.51. The Bertz CT molecular complexity index is 939. The third kappa shape index (κ3) is 5.07. The number of amides is 2. The number of hydrogen-bond acceptors (Lipinski definition) is 5. The highest BCUT2D eigenvalue weighted by Gasteiger charge is 2.33. The van der Waals surface area contributed by atoms with Crippen LogP contribution in [0.4, 0.5) is 16.2 Å². The summed E-state index contributed by atoms with van der Waals surface area (Å²) in [4.78, 5) is 12.3. The van der Waals surface area contributed by atoms with Crippen LogP contribution in [0, 0.1) is 0 Å². The molecule has 0 radical (unpaired) electrons. The van der Waals surface area contributed by atoms with Gasteiger partial charge in [0.05, 0.1) is 17.9 Å². The summed E-state index contributed by atoms with van der Waals surface area (Å²) in [5.74, 6) is 0. The van der Waals surface area contributed by atoms with Gasteiger partial charge in [-0.3, -0.25) is 4.68 Å². The van der Waals surface area contributed by atoms with E-state index in [1.807, 2.05) is 4.72 Å². The number of hydrogen-bond donors (Lipinski definition) is 2. The molecule has 3 rings (SSSR count). The number of aryl methyl sites for hydroxylation is 1. The number of nitrogens with one attached hydrogen (secondary N) is 2. The highest BCUT2D eigenvalue weighted by atomic mass is 35.5. The molecule has 0 atom stereocenters. The average molecular weight is 448 g/mol. The van der Waals surface area contributed by atoms with Gasteiger partial charge in [0.1, 0.15) is 0 Å². The predicted octanol–water partition coefficient (Wildman–Crippen LogP) is 2.78. The van der Waals surface area contributed by atoms with Crippen molar-refractivity contribution in [3.05, 3.63) is 40.6 Å². The monoisotopic (exact) mass is 447 g/mol. The number of aromatic nitrogens is 2. The van der Waals surface area contributed by atoms with Crippen molar-refractivity contribution in [3.8, 4) is 0 Å². The maximum Gasteiger partial charge on any atom is 0.334 e. The number of nitrogens with zero attached hydrogens (tertiary/aromatic N) is 3. The quantitative estimate of drug-likeness (QED) is 0.732. The lowest BCUT2D eigenvalue weighted by molar-refractivity contribution is 0.0875. The van der Waals surface area contributed by atoms with Crippen molar-refractivity contribution >= 4 is 50.8 Å². The second-order valence-corrected chi connectivity index (χ2v) is 8.65. The molecule has 0 saturated carbocycles. The molecule has 0 unspecified atom stereocenters. The van der Waals surface area contributed by atoms with Gasteiger partial charge in [-0.15, -0.1) is 0 Å². The van der Waals surface area contributed by atoms with Gasteiger partial charge in [0.15, 0.2) is 0 Å². The average Bonchev–Trinajstić information content (AvgIpc) is 2.99. The lowest BCUT2D eigenvalue weighted by atomic mass is 10.1. The standard InChI is InChI=1S/C16H19Cl2N5O4S/c1-22-10-15(9-19-22)23(14-2-4-27-5-3-14)28(25,26)21-16(24)20-13-7-11(17)6-12(18)8-13/h6-10,14H,2-5H2,1H3,(H2,20,21,24). The SMILES string of the molecule is Cn1cc(N(C2CCOCC2)S(=O)(=O)NC(=O)Nc2cc(Cl)cc(Cl)c2)cn1. The van der Waals surface area contributed by atoms with Gasteiger partial charge < -0.3 is 10.1 Å². The van der Waals surface area contributed by atoms with Crippen molar-refractivity contribution in [1.82, 2.24) is 14.5 Å². The van der Waals surface area contributed by atoms with E-state index in [1.165, 1.54) is 33.4 Å². The largest absolute Gasteiger partial charge is 0.381 e. The number of ether oxygens (including phenoxy) is 1. The Balaban J connectivity index is 1.81. The van der Waals surface area contributed by atoms with E-state index >= 15 is 0 Å². The topological polar surface area (TPSA) is 106 Å². The Morgan fingerprint density at radius 2 is 1.89 bits per heavy atom. The van der Waals surface area contributed by atoms with Gasteiger partial charge in [0.25, 0.3) is 0 Å². The van der Waals surface area contributed by atoms with E-state index in [2.05, 4.69) is 10.4 Å². The van der Waals surface area contributed by atoms with Gasteiger partial charge in [-0.1, -0.05) is 23.2 Å². The Kier molecular flexibility index (Phi) is 6.33. The first-order chi connectivity index (χ1) is 13.2. The number of benzene rings is 1. The Morgan fingerprint density at radius 3 is 2.46 bits per heavy atom. The number of carbonyl (C=O) groups excluding carboxylic acids is 1. The fraction of sp³-hybridized carbons (Fsp3) is 0.375. The normalized spacial score (nSPS) is 15.2. The minimum atomic E-state index is -4.20. The van der Waals surface area contributed by atoms with Crippen LogP contribution in [0.3, 0.4) is 0 Å². The third-order valence-corrected chi connectivity index (χ3v) is 5.98. The highest BCUT2D eigenvalue weighted by molar-refractivity contribution is 7.91. The molecule has 1 aromatic heterocycles. The van der Waals surface area contributed by atoms with Gasteiger partial charge in [0.2, 0.25) is 0 Å². The number of anilines is 2. The number of halogens is 2. The summed E-state index contributed by atoms with van der Waals surface area (Å²) in [6.45, 7) is 0.869. The minimum Gasteiger partial charge on any atom is -0.381 e. The first-order valence-electron chi connectivity index (χ1n) is 8.40. The van der Waals surface area contributed by atoms with Crippen LogP contribution in [0.25, 0.3) is 0 Å². The van der Waals surface area contributed by atoms with Crippen molar-refractivity contribution < 1.29 is 17.9 Å². The molecule has 1 saturated heterocycles. The van der Waals surface area contributed by atoms with Crippen LogP contribution in [-0.4, -0.2) is 43.5 Å². The summed E-state index contributed by atoms with van der Waals surface area (Å²) >= 11 is 11.8. The van der Waals surface area contributed by atoms with Gasteiger partial charge >= 0.3 is 16.2 Å². The van der Waals surface area contributed by atoms with Crippen molar-refractivity contribution in [1.29, 1.82) is 0 Å². The third-order valence-electron chi connectivity index (χ3n) is 4.07. The molecule has 1 fully saturated rings. The van der Waals surface area contributed by atoms with Crippen LogP contribution in [0.1, 0.15) is 12.8 Å². The molecule has 2 aromatic rings. The van der Waals surface area contributed by atoms with Crippen LogP contribution in [-0.2, 0) is 22.0 Å². The van der Waals surface area contributed by atoms with Gasteiger partial charge in [-0.05, 0) is 31.0 Å². The zero-order chi connectivity index (χ0) is 20.3. The van der Waals surface area contributed by atoms with E-state index in [-0.39, 0.29) is 11.7 Å². The first kappa shape index (κ1) is 20.7. The molecule has 28 heavy (non-hydrogen) atoms. The van der Waals surface area contributed by atoms with E-state index < -0.39 is 16.2 Å². The van der Waals surface area contributed by atoms with Crippen molar-refractivity contribution in [2.75, 3.05) is 22.8 Å². The fourth-order valence-corrected chi connectivity index (χ4v) is 4.82. The van der Waals surface area contributed by atoms with E-state index in [0.29, 0.717) is 41.8 Å². The molecule has 0 bridgehead atoms. The molecular formula is C16H19Cl2N5O4S. The molecule has 152 valence electrons. The summed E-state index contributed by atoms with van der Waals surface area (Å²) in [6.07, 6.45) is 4.01. The molecule has 1 aromatic carbocycles. The first-order valence-corrected chi connectivity index (χ1v) is 10.6. The second-order valence-electron chi connectivity index (χ2n) is 6.23. The van der Waals surface area contributed by atoms with Crippen molar-refractivity contribution in [3.63, 3.8) is 0 Å². The summed E-state index contributed by atoms with van der Waals surface area (Å²) in [6, 6.07) is 3.12. The molecule has 12 heteroatoms. The Morgan fingerprint density at radius 1 is 1.25 bits per heavy atom. The zero-order valence-corrected chi connectivity index (χ0v) is 17.3. The van der Waals surface area contributed by atoms with Crippen LogP contribution in [0.2, 0.25) is 10.0 Å². The van der Waals surface area contributed by atoms with Crippen molar-refractivity contribution in [2.24, 2.45) is 7.05 Å². The molecule has 1 aliphatic rings. The van der Waals surface area contributed by atoms with Crippen LogP contribution in [0.15, 0.2) is 30.6 Å². The summed E-state index contributed by atoms with van der Waals surface area (Å²) < 4.78 is 36.0. The molecule has 1 aliphatic heterocycles. The molecule has 2 amide bonds. The maximum absolute atomic E-state index is 13.0. The summed E-state index contributed by atoms with van der Waals surface area (Å²) in [5.41, 5.74) is 0.629. The van der Waals surface area contributed by atoms with Gasteiger partial charge in [-0.2, -0.15) is 13.5 Å². The number of urea groups is 1. The van der Waals surface area contributed by atoms with Gasteiger partial charge in [-0.25, -0.2) is 13.8 Å². The van der Waals surface area contributed by atoms with Crippen LogP contribution < -0.4 is 14.3 Å². The van der Waals surface area contributed by atoms with Gasteiger partial charge in [0, 0.05) is 42.2 Å². The number of rotatable bonds is 5. The highest BCUT2D eigenvalue weighted by Crippen LogP contribution is 2.26. The van der Waals surface area contributed by atoms with Crippen LogP contribution >= 0.6 is 23.2 Å². The Labute approximate surface area is 172 Å². The van der Waals surface area contributed by atoms with E-state index in [0.717, 1.165) is 0 Å². The molecule has 0 aliphatic carbocycles. The summed E-state index contributed by atoms with van der Waals surface area (Å²) in [5, 5.41) is 7.08. The minimum absolute atomic E-state index is 0.268. The lowest BCUT2D eigenvalue weighted by Gasteiger charge is -2.33. The van der Waals surface area contributed by atoms with Crippen LogP contribution in [0.5, 0.6) is 0 Å². The predicted molar refractivity (Wildman–Crippen MR) is 107 cm³/mol. The molecule has 9 nitrogen and oxygen atoms in total. The molecule has 2 heterocycles. The van der Waals surface area contributed by atoms with Crippen molar-refractivity contribution in [2.45, 2.75) is 18.9 Å². The van der Waals surface area contributed by atoms with E-state index in [1.54, 1.807) is 13.2 Å². The van der Waals surface area contributed by atoms with E-state index in [4.69, 9.17) is 27.9 Å². The molecule has 2 N–H and O–H groups in total. The summed E-state index contributed by atoms with van der Waals surface area (Å²) in [7, 11) is -2.52.